The third-order valence-electron chi connectivity index (χ3n) is 3.81. The summed E-state index contributed by atoms with van der Waals surface area (Å²) in [6.07, 6.45) is -0.0131. The number of ether oxygens (including phenoxy) is 1. The number of piperazine rings is 1. The van der Waals surface area contributed by atoms with Gasteiger partial charge in [-0.15, -0.1) is 0 Å². The van der Waals surface area contributed by atoms with Crippen molar-refractivity contribution in [2.45, 2.75) is 6.18 Å². The zero-order chi connectivity index (χ0) is 17.2. The molecular weight excluding hydrogens is 323 g/mol. The Kier molecular flexibility index (Phi) is 4.41. The van der Waals surface area contributed by atoms with Crippen LogP contribution in [0.5, 0.6) is 5.88 Å². The molecule has 0 aromatic carbocycles. The Morgan fingerprint density at radius 1 is 1.04 bits per heavy atom. The van der Waals surface area contributed by atoms with Gasteiger partial charge >= 0.3 is 6.18 Å². The van der Waals surface area contributed by atoms with Gasteiger partial charge in [0.25, 0.3) is 0 Å². The van der Waals surface area contributed by atoms with E-state index in [1.165, 1.54) is 19.5 Å². The van der Waals surface area contributed by atoms with Gasteiger partial charge in [-0.25, -0.2) is 4.98 Å². The van der Waals surface area contributed by atoms with Crippen molar-refractivity contribution in [1.82, 2.24) is 15.0 Å². The lowest BCUT2D eigenvalue weighted by Crippen LogP contribution is -2.47. The number of alkyl halides is 3. The molecular formula is C15H16F3N5O. The minimum Gasteiger partial charge on any atom is -0.480 e. The van der Waals surface area contributed by atoms with E-state index in [1.54, 1.807) is 6.20 Å². The fraction of sp³-hybridized carbons (Fsp3) is 0.400. The lowest BCUT2D eigenvalue weighted by molar-refractivity contribution is -0.137. The average molecular weight is 339 g/mol. The first-order chi connectivity index (χ1) is 11.5. The predicted molar refractivity (Wildman–Crippen MR) is 82.2 cm³/mol. The van der Waals surface area contributed by atoms with Crippen LogP contribution < -0.4 is 14.5 Å². The topological polar surface area (TPSA) is 54.4 Å². The molecule has 2 aromatic heterocycles. The number of aromatic nitrogens is 3. The van der Waals surface area contributed by atoms with Gasteiger partial charge in [-0.2, -0.15) is 18.2 Å². The molecule has 9 heteroatoms. The van der Waals surface area contributed by atoms with Crippen molar-refractivity contribution >= 4 is 11.6 Å². The summed E-state index contributed by atoms with van der Waals surface area (Å²) in [7, 11) is 1.52. The molecule has 24 heavy (non-hydrogen) atoms. The Morgan fingerprint density at radius 2 is 1.71 bits per heavy atom. The SMILES string of the molecule is COc1cncc(N2CCN(c3cc(C(F)(F)F)ccn3)CC2)n1. The second-order valence-corrected chi connectivity index (χ2v) is 5.29. The van der Waals surface area contributed by atoms with Gasteiger partial charge in [0.05, 0.1) is 25.1 Å². The number of anilines is 2. The number of pyridine rings is 1. The van der Waals surface area contributed by atoms with Crippen molar-refractivity contribution in [3.8, 4) is 5.88 Å². The van der Waals surface area contributed by atoms with E-state index in [0.717, 1.165) is 12.1 Å². The third kappa shape index (κ3) is 3.50. The van der Waals surface area contributed by atoms with Crippen molar-refractivity contribution in [2.75, 3.05) is 43.1 Å². The molecule has 1 aliphatic rings. The van der Waals surface area contributed by atoms with Crippen molar-refractivity contribution < 1.29 is 17.9 Å². The van der Waals surface area contributed by atoms with Crippen molar-refractivity contribution in [1.29, 1.82) is 0 Å². The van der Waals surface area contributed by atoms with Gasteiger partial charge in [-0.05, 0) is 12.1 Å². The van der Waals surface area contributed by atoms with Crippen LogP contribution in [0.1, 0.15) is 5.56 Å². The molecule has 3 heterocycles. The number of methoxy groups -OCH3 is 1. The van der Waals surface area contributed by atoms with Crippen molar-refractivity contribution in [2.24, 2.45) is 0 Å². The van der Waals surface area contributed by atoms with Crippen LogP contribution in [0.4, 0.5) is 24.8 Å². The summed E-state index contributed by atoms with van der Waals surface area (Å²) in [4.78, 5) is 16.3. The average Bonchev–Trinajstić information content (AvgIpc) is 2.61. The van der Waals surface area contributed by atoms with E-state index in [4.69, 9.17) is 4.74 Å². The summed E-state index contributed by atoms with van der Waals surface area (Å²) >= 11 is 0. The van der Waals surface area contributed by atoms with Gasteiger partial charge in [-0.1, -0.05) is 0 Å². The van der Waals surface area contributed by atoms with Crippen LogP contribution >= 0.6 is 0 Å². The van der Waals surface area contributed by atoms with Gasteiger partial charge in [0, 0.05) is 32.4 Å². The normalized spacial score (nSPS) is 15.5. The van der Waals surface area contributed by atoms with E-state index in [-0.39, 0.29) is 0 Å². The number of nitrogens with zero attached hydrogens (tertiary/aromatic N) is 5. The number of hydrogen-bond acceptors (Lipinski definition) is 6. The predicted octanol–water partition coefficient (Wildman–Crippen LogP) is 2.23. The molecule has 0 aliphatic carbocycles. The van der Waals surface area contributed by atoms with Gasteiger partial charge in [0.2, 0.25) is 5.88 Å². The smallest absolute Gasteiger partial charge is 0.416 e. The Labute approximate surface area is 136 Å². The molecule has 0 N–H and O–H groups in total. The first-order valence-corrected chi connectivity index (χ1v) is 7.36. The van der Waals surface area contributed by atoms with Crippen LogP contribution in [0.25, 0.3) is 0 Å². The van der Waals surface area contributed by atoms with Crippen molar-refractivity contribution in [3.63, 3.8) is 0 Å². The zero-order valence-electron chi connectivity index (χ0n) is 13.0. The largest absolute Gasteiger partial charge is 0.480 e. The molecule has 0 unspecified atom stereocenters. The second-order valence-electron chi connectivity index (χ2n) is 5.29. The Hall–Kier alpha value is -2.58. The summed E-state index contributed by atoms with van der Waals surface area (Å²) in [6.45, 7) is 2.32. The lowest BCUT2D eigenvalue weighted by Gasteiger charge is -2.36. The fourth-order valence-electron chi connectivity index (χ4n) is 2.52. The summed E-state index contributed by atoms with van der Waals surface area (Å²) in [5.41, 5.74) is -0.686. The van der Waals surface area contributed by atoms with Crippen molar-refractivity contribution in [3.05, 3.63) is 36.3 Å². The molecule has 0 spiro atoms. The van der Waals surface area contributed by atoms with Gasteiger partial charge in [0.15, 0.2) is 5.82 Å². The zero-order valence-corrected chi connectivity index (χ0v) is 13.0. The minimum absolute atomic E-state index is 0.334. The van der Waals surface area contributed by atoms with Crippen LogP contribution in [0.15, 0.2) is 30.7 Å². The molecule has 1 aliphatic heterocycles. The Bertz CT molecular complexity index is 702. The van der Waals surface area contributed by atoms with Crippen LogP contribution in [0.3, 0.4) is 0 Å². The van der Waals surface area contributed by atoms with Gasteiger partial charge in [0.1, 0.15) is 5.82 Å². The number of halogens is 3. The molecule has 0 amide bonds. The summed E-state index contributed by atoms with van der Waals surface area (Å²) in [5.74, 6) is 1.45. The van der Waals surface area contributed by atoms with Gasteiger partial charge in [-0.3, -0.25) is 4.98 Å². The lowest BCUT2D eigenvalue weighted by atomic mass is 10.2. The molecule has 0 atom stereocenters. The highest BCUT2D eigenvalue weighted by Gasteiger charge is 2.31. The first-order valence-electron chi connectivity index (χ1n) is 7.36. The summed E-state index contributed by atoms with van der Waals surface area (Å²) in [5, 5.41) is 0. The molecule has 128 valence electrons. The molecule has 1 saturated heterocycles. The van der Waals surface area contributed by atoms with Gasteiger partial charge < -0.3 is 14.5 Å². The molecule has 2 aromatic rings. The third-order valence-corrected chi connectivity index (χ3v) is 3.81. The first kappa shape index (κ1) is 16.3. The highest BCUT2D eigenvalue weighted by molar-refractivity contribution is 5.46. The molecule has 3 rings (SSSR count). The molecule has 1 fully saturated rings. The number of hydrogen-bond donors (Lipinski definition) is 0. The van der Waals surface area contributed by atoms with Crippen LogP contribution in [0, 0.1) is 0 Å². The highest BCUT2D eigenvalue weighted by atomic mass is 19.4. The van der Waals surface area contributed by atoms with Crippen LogP contribution in [-0.4, -0.2) is 48.2 Å². The molecule has 0 bridgehead atoms. The maximum atomic E-state index is 12.8. The van der Waals surface area contributed by atoms with E-state index in [2.05, 4.69) is 15.0 Å². The van der Waals surface area contributed by atoms with E-state index in [1.807, 2.05) is 9.80 Å². The van der Waals surface area contributed by atoms with E-state index in [0.29, 0.717) is 43.7 Å². The molecule has 0 saturated carbocycles. The molecule has 6 nitrogen and oxygen atoms in total. The monoisotopic (exact) mass is 339 g/mol. The Morgan fingerprint density at radius 3 is 2.33 bits per heavy atom. The molecule has 0 radical (unpaired) electrons. The maximum Gasteiger partial charge on any atom is 0.416 e. The summed E-state index contributed by atoms with van der Waals surface area (Å²) < 4.78 is 43.5. The van der Waals surface area contributed by atoms with E-state index in [9.17, 15) is 13.2 Å². The van der Waals surface area contributed by atoms with E-state index >= 15 is 0 Å². The highest BCUT2D eigenvalue weighted by Crippen LogP contribution is 2.31. The quantitative estimate of drug-likeness (QED) is 0.855. The Balaban J connectivity index is 1.69. The number of rotatable bonds is 3. The second kappa shape index (κ2) is 6.50. The van der Waals surface area contributed by atoms with Crippen LogP contribution in [0.2, 0.25) is 0 Å². The minimum atomic E-state index is -4.37. The van der Waals surface area contributed by atoms with E-state index < -0.39 is 11.7 Å². The maximum absolute atomic E-state index is 12.8. The van der Waals surface area contributed by atoms with Crippen LogP contribution in [-0.2, 0) is 6.18 Å². The fourth-order valence-corrected chi connectivity index (χ4v) is 2.52. The summed E-state index contributed by atoms with van der Waals surface area (Å²) in [6, 6.07) is 2.06. The standard InChI is InChI=1S/C15H16F3N5O/c1-24-14-10-19-9-13(21-14)23-6-4-22(5-7-23)12-8-11(2-3-20-12)15(16,17)18/h2-3,8-10H,4-7H2,1H3.